The van der Waals surface area contributed by atoms with Crippen LogP contribution in [0.5, 0.6) is 11.5 Å². The summed E-state index contributed by atoms with van der Waals surface area (Å²) in [4.78, 5) is 46.0. The van der Waals surface area contributed by atoms with Crippen LogP contribution in [0.4, 0.5) is 5.69 Å². The van der Waals surface area contributed by atoms with Crippen LogP contribution in [0.15, 0.2) is 71.1 Å². The standard InChI is InChI=1S/C17H18N2O6.C8H8O3/c1-9-13(16(20)24-3)15(14(10(2)18-9)17(21)25-4)11-7-5-6-8-12(11)19(22)23;1-6(9)11-8-4-2-7(10)3-5-8/h5-8,15,18H,1-4H3;2-5,10H,1H3. The average Bonchev–Trinajstić information content (AvgIpc) is 2.84. The molecule has 1 aliphatic heterocycles. The van der Waals surface area contributed by atoms with Crippen LogP contribution in [0.25, 0.3) is 0 Å². The van der Waals surface area contributed by atoms with Gasteiger partial charge in [0.2, 0.25) is 0 Å². The minimum Gasteiger partial charge on any atom is -0.508 e. The van der Waals surface area contributed by atoms with E-state index < -0.39 is 22.8 Å². The van der Waals surface area contributed by atoms with Crippen LogP contribution in [0.1, 0.15) is 32.3 Å². The van der Waals surface area contributed by atoms with Gasteiger partial charge in [-0.15, -0.1) is 0 Å². The quantitative estimate of drug-likeness (QED) is 0.271. The molecule has 36 heavy (non-hydrogen) atoms. The fraction of sp³-hybridized carbons (Fsp3) is 0.240. The molecule has 0 unspecified atom stereocenters. The molecule has 2 N–H and O–H groups in total. The van der Waals surface area contributed by atoms with Crippen LogP contribution in [-0.2, 0) is 23.9 Å². The van der Waals surface area contributed by atoms with E-state index in [0.717, 1.165) is 0 Å². The van der Waals surface area contributed by atoms with Gasteiger partial charge in [-0.25, -0.2) is 9.59 Å². The molecule has 11 heteroatoms. The Kier molecular flexibility index (Phi) is 9.31. The third kappa shape index (κ3) is 6.47. The molecule has 1 heterocycles. The Morgan fingerprint density at radius 3 is 1.86 bits per heavy atom. The van der Waals surface area contributed by atoms with Crippen LogP contribution in [-0.4, -0.2) is 42.2 Å². The van der Waals surface area contributed by atoms with Gasteiger partial charge in [-0.05, 0) is 38.1 Å². The third-order valence-corrected chi connectivity index (χ3v) is 5.11. The minimum atomic E-state index is -0.970. The fourth-order valence-electron chi connectivity index (χ4n) is 3.64. The molecule has 0 spiro atoms. The van der Waals surface area contributed by atoms with Crippen molar-refractivity contribution in [1.29, 1.82) is 0 Å². The number of nitro benzene ring substituents is 1. The number of phenols is 1. The summed E-state index contributed by atoms with van der Waals surface area (Å²) in [7, 11) is 2.42. The van der Waals surface area contributed by atoms with Gasteiger partial charge in [0.1, 0.15) is 11.5 Å². The van der Waals surface area contributed by atoms with E-state index in [0.29, 0.717) is 17.1 Å². The lowest BCUT2D eigenvalue weighted by molar-refractivity contribution is -0.385. The van der Waals surface area contributed by atoms with E-state index in [9.17, 15) is 24.5 Å². The number of methoxy groups -OCH3 is 2. The molecule has 2 aromatic carbocycles. The number of para-hydroxylation sites is 1. The van der Waals surface area contributed by atoms with Crippen LogP contribution in [0.2, 0.25) is 0 Å². The first-order valence-corrected chi connectivity index (χ1v) is 10.6. The summed E-state index contributed by atoms with van der Waals surface area (Å²) < 4.78 is 14.4. The zero-order chi connectivity index (χ0) is 27.0. The Morgan fingerprint density at radius 1 is 0.917 bits per heavy atom. The number of nitrogens with one attached hydrogen (secondary N) is 1. The summed E-state index contributed by atoms with van der Waals surface area (Å²) >= 11 is 0. The van der Waals surface area contributed by atoms with Gasteiger partial charge >= 0.3 is 17.9 Å². The van der Waals surface area contributed by atoms with Crippen LogP contribution >= 0.6 is 0 Å². The first-order chi connectivity index (χ1) is 17.0. The van der Waals surface area contributed by atoms with E-state index in [-0.39, 0.29) is 34.1 Å². The normalized spacial score (nSPS) is 13.1. The number of rotatable bonds is 5. The maximum Gasteiger partial charge on any atom is 0.336 e. The van der Waals surface area contributed by atoms with E-state index in [4.69, 9.17) is 19.3 Å². The van der Waals surface area contributed by atoms with Crippen molar-refractivity contribution in [3.63, 3.8) is 0 Å². The van der Waals surface area contributed by atoms with Crippen molar-refractivity contribution in [2.75, 3.05) is 14.2 Å². The second-order valence-electron chi connectivity index (χ2n) is 7.52. The van der Waals surface area contributed by atoms with Gasteiger partial charge in [0, 0.05) is 29.9 Å². The molecule has 0 atom stereocenters. The number of aromatic hydroxyl groups is 1. The lowest BCUT2D eigenvalue weighted by Crippen LogP contribution is -2.32. The lowest BCUT2D eigenvalue weighted by atomic mass is 9.79. The predicted molar refractivity (Wildman–Crippen MR) is 128 cm³/mol. The molecule has 11 nitrogen and oxygen atoms in total. The third-order valence-electron chi connectivity index (χ3n) is 5.11. The number of nitrogens with zero attached hydrogens (tertiary/aromatic N) is 1. The van der Waals surface area contributed by atoms with Gasteiger partial charge in [-0.1, -0.05) is 18.2 Å². The molecule has 1 aliphatic rings. The molecule has 0 amide bonds. The average molecular weight is 498 g/mol. The predicted octanol–water partition coefficient (Wildman–Crippen LogP) is 3.49. The number of ether oxygens (including phenoxy) is 3. The van der Waals surface area contributed by atoms with E-state index in [1.165, 1.54) is 63.6 Å². The van der Waals surface area contributed by atoms with Crippen molar-refractivity contribution >= 4 is 23.6 Å². The molecule has 2 aromatic rings. The van der Waals surface area contributed by atoms with E-state index in [1.807, 2.05) is 0 Å². The van der Waals surface area contributed by atoms with Gasteiger partial charge in [-0.3, -0.25) is 14.9 Å². The molecule has 0 aliphatic carbocycles. The summed E-state index contributed by atoms with van der Waals surface area (Å²) in [5.41, 5.74) is 1.19. The van der Waals surface area contributed by atoms with Gasteiger partial charge in [0.15, 0.2) is 0 Å². The first-order valence-electron chi connectivity index (χ1n) is 10.6. The number of carbonyl (C=O) groups is 3. The number of hydrogen-bond acceptors (Lipinski definition) is 10. The summed E-state index contributed by atoms with van der Waals surface area (Å²) in [6.45, 7) is 4.62. The van der Waals surface area contributed by atoms with E-state index in [2.05, 4.69) is 5.32 Å². The molecule has 3 rings (SSSR count). The molecular formula is C25H26N2O9. The number of hydrogen-bond donors (Lipinski definition) is 2. The Morgan fingerprint density at radius 2 is 1.42 bits per heavy atom. The van der Waals surface area contributed by atoms with Gasteiger partial charge < -0.3 is 24.6 Å². The number of nitro groups is 1. The number of esters is 3. The number of benzene rings is 2. The second kappa shape index (κ2) is 12.2. The molecule has 0 aromatic heterocycles. The molecule has 190 valence electrons. The highest BCUT2D eigenvalue weighted by Crippen LogP contribution is 2.42. The molecular weight excluding hydrogens is 472 g/mol. The number of phenolic OH excluding ortho intramolecular Hbond substituents is 1. The van der Waals surface area contributed by atoms with Crippen molar-refractivity contribution in [2.24, 2.45) is 0 Å². The fourth-order valence-corrected chi connectivity index (χ4v) is 3.64. The Balaban J connectivity index is 0.000000346. The highest BCUT2D eigenvalue weighted by atomic mass is 16.6. The monoisotopic (exact) mass is 498 g/mol. The van der Waals surface area contributed by atoms with Crippen molar-refractivity contribution in [3.8, 4) is 11.5 Å². The smallest absolute Gasteiger partial charge is 0.336 e. The Labute approximate surface area is 207 Å². The molecule has 0 bridgehead atoms. The van der Waals surface area contributed by atoms with Crippen molar-refractivity contribution in [2.45, 2.75) is 26.7 Å². The molecule has 0 fully saturated rings. The largest absolute Gasteiger partial charge is 0.508 e. The van der Waals surface area contributed by atoms with Crippen molar-refractivity contribution in [3.05, 3.63) is 86.7 Å². The first kappa shape index (κ1) is 27.6. The highest BCUT2D eigenvalue weighted by Gasteiger charge is 2.40. The summed E-state index contributed by atoms with van der Waals surface area (Å²) in [6.07, 6.45) is 0. The van der Waals surface area contributed by atoms with Gasteiger partial charge in [0.05, 0.1) is 36.2 Å². The maximum absolute atomic E-state index is 12.3. The second-order valence-corrected chi connectivity index (χ2v) is 7.52. The summed E-state index contributed by atoms with van der Waals surface area (Å²) in [5.74, 6) is -2.10. The van der Waals surface area contributed by atoms with Crippen molar-refractivity contribution in [1.82, 2.24) is 5.32 Å². The van der Waals surface area contributed by atoms with Crippen LogP contribution < -0.4 is 10.1 Å². The Bertz CT molecular complexity index is 1190. The Hall–Kier alpha value is -4.67. The molecule has 0 radical (unpaired) electrons. The van der Waals surface area contributed by atoms with Crippen molar-refractivity contribution < 1.29 is 38.6 Å². The zero-order valence-corrected chi connectivity index (χ0v) is 20.4. The van der Waals surface area contributed by atoms with Gasteiger partial charge in [-0.2, -0.15) is 0 Å². The van der Waals surface area contributed by atoms with Gasteiger partial charge in [0.25, 0.3) is 5.69 Å². The molecule has 0 saturated carbocycles. The van der Waals surface area contributed by atoms with Crippen LogP contribution in [0.3, 0.4) is 0 Å². The number of carbonyl (C=O) groups excluding carboxylic acids is 3. The van der Waals surface area contributed by atoms with Crippen LogP contribution in [0, 0.1) is 10.1 Å². The minimum absolute atomic E-state index is 0.128. The topological polar surface area (TPSA) is 154 Å². The zero-order valence-electron chi connectivity index (χ0n) is 20.4. The number of dihydropyridines is 1. The van der Waals surface area contributed by atoms with E-state index >= 15 is 0 Å². The maximum atomic E-state index is 12.3. The lowest BCUT2D eigenvalue weighted by Gasteiger charge is -2.29. The summed E-state index contributed by atoms with van der Waals surface area (Å²) in [6, 6.07) is 11.9. The SMILES string of the molecule is CC(=O)Oc1ccc(O)cc1.COC(=O)C1=C(C)NC(C)=C(C(=O)OC)C1c1ccccc1[N+](=O)[O-]. The molecule has 0 saturated heterocycles. The number of allylic oxidation sites excluding steroid dienone is 2. The summed E-state index contributed by atoms with van der Waals surface area (Å²) in [5, 5.41) is 23.2. The highest BCUT2D eigenvalue weighted by molar-refractivity contribution is 6.00. The van der Waals surface area contributed by atoms with E-state index in [1.54, 1.807) is 19.9 Å².